The van der Waals surface area contributed by atoms with E-state index < -0.39 is 0 Å². The van der Waals surface area contributed by atoms with Crippen molar-refractivity contribution in [3.05, 3.63) is 71.6 Å². The topological polar surface area (TPSA) is 93.0 Å². The van der Waals surface area contributed by atoms with Gasteiger partial charge >= 0.3 is 0 Å². The zero-order valence-corrected chi connectivity index (χ0v) is 19.2. The lowest BCUT2D eigenvalue weighted by Gasteiger charge is -2.23. The van der Waals surface area contributed by atoms with E-state index in [4.69, 9.17) is 9.47 Å². The SMILES string of the molecule is N#Cc1cc(-c2ccnc(Cc3ncc(C4CCNCC4)cn3)c2)ccc1OC1CCOCC1. The van der Waals surface area contributed by atoms with Gasteiger partial charge in [0.15, 0.2) is 0 Å². The van der Waals surface area contributed by atoms with Gasteiger partial charge in [0.2, 0.25) is 0 Å². The molecule has 1 N–H and O–H groups in total. The van der Waals surface area contributed by atoms with Crippen molar-refractivity contribution in [3.8, 4) is 22.9 Å². The first-order valence-corrected chi connectivity index (χ1v) is 12.0. The standard InChI is InChI=1S/C27H29N5O2/c28-16-22-13-20(1-2-26(22)34-25-6-11-33-12-7-25)21-5-10-30-24(14-21)15-27-31-17-23(18-32-27)19-3-8-29-9-4-19/h1-2,5,10,13-14,17-19,25,29H,3-4,6-9,11-12,15H2. The van der Waals surface area contributed by atoms with Crippen LogP contribution in [-0.4, -0.2) is 47.4 Å². The molecule has 2 aliphatic heterocycles. The molecule has 0 saturated carbocycles. The number of hydrogen-bond donors (Lipinski definition) is 1. The van der Waals surface area contributed by atoms with E-state index in [1.54, 1.807) is 6.20 Å². The molecule has 7 nitrogen and oxygen atoms in total. The highest BCUT2D eigenvalue weighted by atomic mass is 16.5. The summed E-state index contributed by atoms with van der Waals surface area (Å²) in [5.41, 5.74) is 4.62. The van der Waals surface area contributed by atoms with Gasteiger partial charge in [-0.05, 0) is 72.8 Å². The summed E-state index contributed by atoms with van der Waals surface area (Å²) < 4.78 is 11.5. The van der Waals surface area contributed by atoms with E-state index >= 15 is 0 Å². The van der Waals surface area contributed by atoms with E-state index in [0.29, 0.717) is 36.9 Å². The summed E-state index contributed by atoms with van der Waals surface area (Å²) in [6, 6.07) is 12.1. The van der Waals surface area contributed by atoms with Crippen LogP contribution >= 0.6 is 0 Å². The summed E-state index contributed by atoms with van der Waals surface area (Å²) in [5, 5.41) is 13.1. The Bertz CT molecular complexity index is 1150. The van der Waals surface area contributed by atoms with Gasteiger partial charge in [0, 0.05) is 37.1 Å². The van der Waals surface area contributed by atoms with Gasteiger partial charge in [-0.25, -0.2) is 9.97 Å². The number of nitrogens with one attached hydrogen (secondary N) is 1. The molecule has 0 spiro atoms. The summed E-state index contributed by atoms with van der Waals surface area (Å²) in [6.45, 7) is 3.52. The van der Waals surface area contributed by atoms with Crippen LogP contribution in [-0.2, 0) is 11.2 Å². The molecule has 174 valence electrons. The Balaban J connectivity index is 1.29. The fraction of sp³-hybridized carbons (Fsp3) is 0.407. The maximum atomic E-state index is 9.70. The van der Waals surface area contributed by atoms with E-state index in [9.17, 15) is 5.26 Å². The number of pyridine rings is 1. The highest BCUT2D eigenvalue weighted by Gasteiger charge is 2.18. The van der Waals surface area contributed by atoms with E-state index in [1.165, 1.54) is 5.56 Å². The average Bonchev–Trinajstić information content (AvgIpc) is 2.91. The lowest BCUT2D eigenvalue weighted by atomic mass is 9.92. The first-order valence-electron chi connectivity index (χ1n) is 12.0. The third kappa shape index (κ3) is 5.41. The molecule has 0 aliphatic carbocycles. The van der Waals surface area contributed by atoms with Gasteiger partial charge < -0.3 is 14.8 Å². The van der Waals surface area contributed by atoms with E-state index in [2.05, 4.69) is 26.3 Å². The fourth-order valence-corrected chi connectivity index (χ4v) is 4.61. The lowest BCUT2D eigenvalue weighted by molar-refractivity contribution is 0.0254. The van der Waals surface area contributed by atoms with E-state index in [1.807, 2.05) is 42.7 Å². The molecule has 4 heterocycles. The minimum Gasteiger partial charge on any atom is -0.489 e. The molecule has 0 radical (unpaired) electrons. The van der Waals surface area contributed by atoms with Crippen molar-refractivity contribution in [2.75, 3.05) is 26.3 Å². The van der Waals surface area contributed by atoms with Gasteiger partial charge in [0.1, 0.15) is 23.7 Å². The Hall–Kier alpha value is -3.34. The quantitative estimate of drug-likeness (QED) is 0.600. The van der Waals surface area contributed by atoms with Crippen LogP contribution in [0.4, 0.5) is 0 Å². The molecule has 5 rings (SSSR count). The Morgan fingerprint density at radius 3 is 2.50 bits per heavy atom. The van der Waals surface area contributed by atoms with Gasteiger partial charge in [0.05, 0.1) is 25.2 Å². The van der Waals surface area contributed by atoms with Gasteiger partial charge in [-0.2, -0.15) is 5.26 Å². The summed E-state index contributed by atoms with van der Waals surface area (Å²) in [7, 11) is 0. The van der Waals surface area contributed by atoms with Crippen molar-refractivity contribution in [3.63, 3.8) is 0 Å². The Labute approximate surface area is 200 Å². The van der Waals surface area contributed by atoms with Gasteiger partial charge in [-0.1, -0.05) is 6.07 Å². The zero-order valence-electron chi connectivity index (χ0n) is 19.2. The second kappa shape index (κ2) is 10.7. The van der Waals surface area contributed by atoms with Gasteiger partial charge in [-0.15, -0.1) is 0 Å². The van der Waals surface area contributed by atoms with Crippen LogP contribution in [0.1, 0.15) is 54.2 Å². The molecule has 0 atom stereocenters. The molecular weight excluding hydrogens is 426 g/mol. The van der Waals surface area contributed by atoms with Crippen LogP contribution in [0.3, 0.4) is 0 Å². The van der Waals surface area contributed by atoms with Crippen molar-refractivity contribution in [1.82, 2.24) is 20.3 Å². The number of rotatable bonds is 6. The van der Waals surface area contributed by atoms with E-state index in [0.717, 1.165) is 61.4 Å². The predicted octanol–water partition coefficient (Wildman–Crippen LogP) is 4.03. The summed E-state index contributed by atoms with van der Waals surface area (Å²) >= 11 is 0. The molecule has 3 aromatic rings. The van der Waals surface area contributed by atoms with Crippen molar-refractivity contribution in [1.29, 1.82) is 5.26 Å². The molecule has 1 aromatic carbocycles. The lowest BCUT2D eigenvalue weighted by Crippen LogP contribution is -2.26. The predicted molar refractivity (Wildman–Crippen MR) is 129 cm³/mol. The third-order valence-electron chi connectivity index (χ3n) is 6.59. The summed E-state index contributed by atoms with van der Waals surface area (Å²) in [5.74, 6) is 1.94. The normalized spacial score (nSPS) is 17.3. The Morgan fingerprint density at radius 2 is 1.74 bits per heavy atom. The smallest absolute Gasteiger partial charge is 0.137 e. The number of nitriles is 1. The van der Waals surface area contributed by atoms with Crippen molar-refractivity contribution < 1.29 is 9.47 Å². The molecule has 34 heavy (non-hydrogen) atoms. The van der Waals surface area contributed by atoms with Crippen LogP contribution in [0.25, 0.3) is 11.1 Å². The fourth-order valence-electron chi connectivity index (χ4n) is 4.61. The highest BCUT2D eigenvalue weighted by molar-refractivity contribution is 5.67. The molecule has 7 heteroatoms. The monoisotopic (exact) mass is 455 g/mol. The number of piperidine rings is 1. The van der Waals surface area contributed by atoms with Crippen LogP contribution < -0.4 is 10.1 Å². The largest absolute Gasteiger partial charge is 0.489 e. The second-order valence-electron chi connectivity index (χ2n) is 8.92. The van der Waals surface area contributed by atoms with Crippen molar-refractivity contribution >= 4 is 0 Å². The maximum absolute atomic E-state index is 9.70. The van der Waals surface area contributed by atoms with Crippen LogP contribution in [0.15, 0.2) is 48.9 Å². The molecular formula is C27H29N5O2. The summed E-state index contributed by atoms with van der Waals surface area (Å²) in [4.78, 5) is 13.7. The summed E-state index contributed by atoms with van der Waals surface area (Å²) in [6.07, 6.45) is 10.4. The van der Waals surface area contributed by atoms with Crippen LogP contribution in [0, 0.1) is 11.3 Å². The van der Waals surface area contributed by atoms with E-state index in [-0.39, 0.29) is 6.10 Å². The Kier molecular flexibility index (Phi) is 7.08. The molecule has 0 bridgehead atoms. The molecule has 2 aliphatic rings. The first kappa shape index (κ1) is 22.5. The minimum absolute atomic E-state index is 0.0976. The average molecular weight is 456 g/mol. The molecule has 0 amide bonds. The first-order chi connectivity index (χ1) is 16.8. The van der Waals surface area contributed by atoms with Gasteiger partial charge in [0.25, 0.3) is 0 Å². The highest BCUT2D eigenvalue weighted by Crippen LogP contribution is 2.29. The molecule has 2 saturated heterocycles. The van der Waals surface area contributed by atoms with Crippen molar-refractivity contribution in [2.45, 2.75) is 44.1 Å². The number of hydrogen-bond acceptors (Lipinski definition) is 7. The minimum atomic E-state index is 0.0976. The third-order valence-corrected chi connectivity index (χ3v) is 6.59. The number of ether oxygens (including phenoxy) is 2. The molecule has 2 fully saturated rings. The van der Waals surface area contributed by atoms with Crippen molar-refractivity contribution in [2.24, 2.45) is 0 Å². The van der Waals surface area contributed by atoms with Gasteiger partial charge in [-0.3, -0.25) is 4.98 Å². The molecule has 2 aromatic heterocycles. The second-order valence-corrected chi connectivity index (χ2v) is 8.92. The van der Waals surface area contributed by atoms with Crippen LogP contribution in [0.2, 0.25) is 0 Å². The van der Waals surface area contributed by atoms with Crippen LogP contribution in [0.5, 0.6) is 5.75 Å². The molecule has 0 unspecified atom stereocenters. The zero-order chi connectivity index (χ0) is 23.2. The number of benzene rings is 1. The maximum Gasteiger partial charge on any atom is 0.137 e. The number of nitrogens with zero attached hydrogens (tertiary/aromatic N) is 4. The Morgan fingerprint density at radius 1 is 0.971 bits per heavy atom. The number of aromatic nitrogens is 3.